The van der Waals surface area contributed by atoms with Gasteiger partial charge in [0.05, 0.1) is 0 Å². The van der Waals surface area contributed by atoms with Gasteiger partial charge in [-0.2, -0.15) is 0 Å². The van der Waals surface area contributed by atoms with Crippen LogP contribution in [0.4, 0.5) is 0 Å². The normalized spacial score (nSPS) is 12.1. The highest BCUT2D eigenvalue weighted by molar-refractivity contribution is 6.30. The average Bonchev–Trinajstić information content (AvgIpc) is 2.79. The molecule has 1 unspecified atom stereocenters. The van der Waals surface area contributed by atoms with E-state index in [-0.39, 0.29) is 25.0 Å². The third-order valence-corrected chi connectivity index (χ3v) is 5.80. The van der Waals surface area contributed by atoms with Crippen LogP contribution < -0.4 is 10.1 Å². The van der Waals surface area contributed by atoms with Gasteiger partial charge in [0.1, 0.15) is 11.8 Å². The Morgan fingerprint density at radius 2 is 1.56 bits per heavy atom. The van der Waals surface area contributed by atoms with E-state index in [1.54, 1.807) is 11.0 Å². The summed E-state index contributed by atoms with van der Waals surface area (Å²) in [5, 5.41) is 3.64. The van der Waals surface area contributed by atoms with Crippen LogP contribution in [0.25, 0.3) is 0 Å². The average molecular weight is 507 g/mol. The van der Waals surface area contributed by atoms with Crippen LogP contribution in [0.5, 0.6) is 5.75 Å². The summed E-state index contributed by atoms with van der Waals surface area (Å²) in [6, 6.07) is 22.2. The second-order valence-electron chi connectivity index (χ2n) is 10.2. The van der Waals surface area contributed by atoms with Crippen molar-refractivity contribution in [3.05, 3.63) is 100 Å². The Hall–Kier alpha value is -3.31. The summed E-state index contributed by atoms with van der Waals surface area (Å²) in [5.41, 5.74) is 3.46. The van der Waals surface area contributed by atoms with Crippen molar-refractivity contribution >= 4 is 23.4 Å². The fourth-order valence-electron chi connectivity index (χ4n) is 4.08. The van der Waals surface area contributed by atoms with Gasteiger partial charge in [-0.15, -0.1) is 0 Å². The molecule has 0 bridgehead atoms. The Morgan fingerprint density at radius 3 is 2.17 bits per heavy atom. The lowest BCUT2D eigenvalue weighted by Crippen LogP contribution is -2.55. The molecule has 3 rings (SSSR count). The van der Waals surface area contributed by atoms with Crippen LogP contribution in [0.3, 0.4) is 0 Å². The Kier molecular flexibility index (Phi) is 9.16. The highest BCUT2D eigenvalue weighted by atomic mass is 35.5. The summed E-state index contributed by atoms with van der Waals surface area (Å²) in [6.45, 7) is 9.80. The van der Waals surface area contributed by atoms with E-state index >= 15 is 0 Å². The molecular formula is C30H35ClN2O3. The van der Waals surface area contributed by atoms with Crippen molar-refractivity contribution < 1.29 is 14.3 Å². The van der Waals surface area contributed by atoms with Crippen molar-refractivity contribution in [3.63, 3.8) is 0 Å². The molecule has 5 nitrogen and oxygen atoms in total. The van der Waals surface area contributed by atoms with Crippen molar-refractivity contribution in [2.45, 2.75) is 59.2 Å². The second kappa shape index (κ2) is 12.1. The molecule has 0 spiro atoms. The predicted molar refractivity (Wildman–Crippen MR) is 145 cm³/mol. The molecule has 0 aromatic heterocycles. The number of carbonyl (C=O) groups excluding carboxylic acids is 2. The number of ether oxygens (including phenoxy) is 1. The monoisotopic (exact) mass is 506 g/mol. The minimum Gasteiger partial charge on any atom is -0.484 e. The molecular weight excluding hydrogens is 472 g/mol. The van der Waals surface area contributed by atoms with Gasteiger partial charge in [0.25, 0.3) is 5.91 Å². The van der Waals surface area contributed by atoms with Gasteiger partial charge in [-0.25, -0.2) is 0 Å². The molecule has 1 atom stereocenters. The van der Waals surface area contributed by atoms with E-state index in [0.29, 0.717) is 17.2 Å². The minimum absolute atomic E-state index is 0.183. The summed E-state index contributed by atoms with van der Waals surface area (Å²) in [4.78, 5) is 28.8. The lowest BCUT2D eigenvalue weighted by Gasteiger charge is -2.33. The largest absolute Gasteiger partial charge is 0.484 e. The molecule has 190 valence electrons. The molecule has 3 aromatic carbocycles. The van der Waals surface area contributed by atoms with Gasteiger partial charge in [-0.1, -0.05) is 60.1 Å². The Bertz CT molecular complexity index is 1170. The summed E-state index contributed by atoms with van der Waals surface area (Å²) in [7, 11) is 0. The van der Waals surface area contributed by atoms with Crippen LogP contribution >= 0.6 is 11.6 Å². The molecule has 0 saturated heterocycles. The number of amides is 2. The van der Waals surface area contributed by atoms with Gasteiger partial charge in [0.2, 0.25) is 5.91 Å². The van der Waals surface area contributed by atoms with Gasteiger partial charge in [0.15, 0.2) is 6.61 Å². The highest BCUT2D eigenvalue weighted by Crippen LogP contribution is 2.20. The van der Waals surface area contributed by atoms with Crippen molar-refractivity contribution in [1.82, 2.24) is 10.2 Å². The number of hydrogen-bond donors (Lipinski definition) is 1. The molecule has 0 saturated carbocycles. The van der Waals surface area contributed by atoms with E-state index in [1.807, 2.05) is 101 Å². The van der Waals surface area contributed by atoms with E-state index in [9.17, 15) is 9.59 Å². The summed E-state index contributed by atoms with van der Waals surface area (Å²) >= 11 is 6.23. The zero-order valence-electron chi connectivity index (χ0n) is 21.7. The van der Waals surface area contributed by atoms with E-state index in [4.69, 9.17) is 16.3 Å². The number of nitrogens with zero attached hydrogens (tertiary/aromatic N) is 1. The van der Waals surface area contributed by atoms with Gasteiger partial charge < -0.3 is 15.0 Å². The highest BCUT2D eigenvalue weighted by Gasteiger charge is 2.32. The minimum atomic E-state index is -0.735. The Morgan fingerprint density at radius 1 is 0.917 bits per heavy atom. The molecule has 0 fully saturated rings. The van der Waals surface area contributed by atoms with Crippen LogP contribution in [-0.4, -0.2) is 34.9 Å². The zero-order valence-corrected chi connectivity index (χ0v) is 22.4. The van der Waals surface area contributed by atoms with Crippen LogP contribution in [0, 0.1) is 13.8 Å². The SMILES string of the molecule is Cc1cc(C)cc(OCC(=O)N(Cc2cccc(Cl)c2)C(Cc2ccccc2)C(=O)NC(C)(C)C)c1. The molecule has 6 heteroatoms. The maximum Gasteiger partial charge on any atom is 0.261 e. The van der Waals surface area contributed by atoms with Crippen LogP contribution in [0.15, 0.2) is 72.8 Å². The fourth-order valence-corrected chi connectivity index (χ4v) is 4.30. The van der Waals surface area contributed by atoms with Crippen molar-refractivity contribution in [3.8, 4) is 5.75 Å². The third-order valence-electron chi connectivity index (χ3n) is 5.57. The maximum atomic E-state index is 13.7. The zero-order chi connectivity index (χ0) is 26.3. The molecule has 0 aliphatic heterocycles. The summed E-state index contributed by atoms with van der Waals surface area (Å²) in [5.74, 6) is 0.134. The summed E-state index contributed by atoms with van der Waals surface area (Å²) < 4.78 is 5.90. The number of aryl methyl sites for hydroxylation is 2. The number of halogens is 1. The third kappa shape index (κ3) is 8.42. The first-order chi connectivity index (χ1) is 17.0. The topological polar surface area (TPSA) is 58.6 Å². The molecule has 1 N–H and O–H groups in total. The van der Waals surface area contributed by atoms with E-state index in [0.717, 1.165) is 22.3 Å². The van der Waals surface area contributed by atoms with Gasteiger partial charge in [-0.3, -0.25) is 9.59 Å². The van der Waals surface area contributed by atoms with Crippen LogP contribution in [0.1, 0.15) is 43.0 Å². The van der Waals surface area contributed by atoms with E-state index in [2.05, 4.69) is 5.32 Å². The number of rotatable bonds is 9. The van der Waals surface area contributed by atoms with Crippen LogP contribution in [0.2, 0.25) is 5.02 Å². The summed E-state index contributed by atoms with van der Waals surface area (Å²) in [6.07, 6.45) is 0.374. The lowest BCUT2D eigenvalue weighted by molar-refractivity contribution is -0.143. The van der Waals surface area contributed by atoms with Gasteiger partial charge in [0, 0.05) is 23.5 Å². The molecule has 3 aromatic rings. The lowest BCUT2D eigenvalue weighted by atomic mass is 10.0. The molecule has 0 aliphatic rings. The first-order valence-electron chi connectivity index (χ1n) is 12.1. The fraction of sp³-hybridized carbons (Fsp3) is 0.333. The van der Waals surface area contributed by atoms with Crippen molar-refractivity contribution in [2.24, 2.45) is 0 Å². The number of benzene rings is 3. The Balaban J connectivity index is 1.94. The van der Waals surface area contributed by atoms with E-state index in [1.165, 1.54) is 0 Å². The van der Waals surface area contributed by atoms with Gasteiger partial charge in [-0.05, 0) is 81.1 Å². The van der Waals surface area contributed by atoms with Crippen molar-refractivity contribution in [2.75, 3.05) is 6.61 Å². The molecule has 36 heavy (non-hydrogen) atoms. The standard InChI is InChI=1S/C30H35ClN2O3/c1-21-14-22(2)16-26(15-21)36-20-28(34)33(19-24-12-9-13-25(31)17-24)27(29(35)32-30(3,4)5)18-23-10-7-6-8-11-23/h6-17,27H,18-20H2,1-5H3,(H,32,35). The quantitative estimate of drug-likeness (QED) is 0.393. The molecule has 2 amide bonds. The number of nitrogens with one attached hydrogen (secondary N) is 1. The molecule has 0 radical (unpaired) electrons. The van der Waals surface area contributed by atoms with Gasteiger partial charge >= 0.3 is 0 Å². The molecule has 0 aliphatic carbocycles. The molecule has 0 heterocycles. The number of carbonyl (C=O) groups is 2. The maximum absolute atomic E-state index is 13.7. The second-order valence-corrected chi connectivity index (χ2v) is 10.6. The van der Waals surface area contributed by atoms with E-state index < -0.39 is 11.6 Å². The predicted octanol–water partition coefficient (Wildman–Crippen LogP) is 5.89. The first-order valence-corrected chi connectivity index (χ1v) is 12.5. The van der Waals surface area contributed by atoms with Crippen molar-refractivity contribution in [1.29, 1.82) is 0 Å². The number of hydrogen-bond acceptors (Lipinski definition) is 3. The first kappa shape index (κ1) is 27.3. The Labute approximate surface area is 219 Å². The smallest absolute Gasteiger partial charge is 0.261 e. The van der Waals surface area contributed by atoms with Crippen LogP contribution in [-0.2, 0) is 22.6 Å².